The van der Waals surface area contributed by atoms with E-state index in [0.29, 0.717) is 28.6 Å². The topological polar surface area (TPSA) is 76.3 Å². The first-order chi connectivity index (χ1) is 17.8. The second kappa shape index (κ2) is 10.3. The molecule has 1 fully saturated rings. The van der Waals surface area contributed by atoms with Crippen molar-refractivity contribution in [3.05, 3.63) is 117 Å². The Bertz CT molecular complexity index is 1510. The molecule has 1 atom stereocenters. The molecule has 1 saturated heterocycles. The number of aromatic nitrogens is 2. The number of amides is 2. The van der Waals surface area contributed by atoms with Crippen LogP contribution in [-0.2, 0) is 18.4 Å². The Morgan fingerprint density at radius 2 is 1.68 bits per heavy atom. The zero-order valence-electron chi connectivity index (χ0n) is 20.3. The normalized spacial score (nSPS) is 15.3. The summed E-state index contributed by atoms with van der Waals surface area (Å²) >= 11 is 7.55. The van der Waals surface area contributed by atoms with Gasteiger partial charge in [0.05, 0.1) is 17.1 Å². The molecule has 7 nitrogen and oxygen atoms in total. The number of carbonyl (C=O) groups excluding carboxylic acids is 2. The highest BCUT2D eigenvalue weighted by molar-refractivity contribution is 8.00. The Morgan fingerprint density at radius 3 is 2.35 bits per heavy atom. The van der Waals surface area contributed by atoms with Crippen molar-refractivity contribution in [2.24, 2.45) is 7.05 Å². The Morgan fingerprint density at radius 1 is 1.00 bits per heavy atom. The molecule has 4 aromatic rings. The van der Waals surface area contributed by atoms with Crippen molar-refractivity contribution in [3.8, 4) is 5.69 Å². The van der Waals surface area contributed by atoms with E-state index in [-0.39, 0.29) is 28.4 Å². The molecular weight excluding hydrogens is 508 g/mol. The molecule has 0 unspecified atom stereocenters. The number of hydrogen-bond donors (Lipinski definition) is 1. The highest BCUT2D eigenvalue weighted by atomic mass is 35.5. The molecule has 1 N–H and O–H groups in total. The molecule has 2 amide bonds. The number of carbonyl (C=O) groups is 2. The number of rotatable bonds is 6. The van der Waals surface area contributed by atoms with Crippen LogP contribution in [-0.4, -0.2) is 31.8 Å². The summed E-state index contributed by atoms with van der Waals surface area (Å²) in [6.45, 7) is 2.28. The monoisotopic (exact) mass is 532 g/mol. The third-order valence-electron chi connectivity index (χ3n) is 6.49. The number of anilines is 1. The molecule has 188 valence electrons. The third-order valence-corrected chi connectivity index (χ3v) is 7.99. The summed E-state index contributed by atoms with van der Waals surface area (Å²) in [7, 11) is 1.78. The van der Waals surface area contributed by atoms with Crippen LogP contribution in [0, 0.1) is 6.92 Å². The van der Waals surface area contributed by atoms with Gasteiger partial charge in [-0.3, -0.25) is 19.1 Å². The fourth-order valence-electron chi connectivity index (χ4n) is 4.38. The molecule has 37 heavy (non-hydrogen) atoms. The van der Waals surface area contributed by atoms with E-state index in [1.807, 2.05) is 71.6 Å². The number of hydrogen-bond acceptors (Lipinski definition) is 4. The maximum atomic E-state index is 13.1. The van der Waals surface area contributed by atoms with Gasteiger partial charge in [-0.05, 0) is 54.4 Å². The van der Waals surface area contributed by atoms with Crippen LogP contribution in [0.25, 0.3) is 5.69 Å². The molecule has 1 aromatic heterocycles. The molecular formula is C28H25ClN4O3S. The van der Waals surface area contributed by atoms with Crippen LogP contribution in [0.15, 0.2) is 83.7 Å². The zero-order chi connectivity index (χ0) is 26.1. The van der Waals surface area contributed by atoms with E-state index in [1.165, 1.54) is 4.68 Å². The van der Waals surface area contributed by atoms with E-state index in [4.69, 9.17) is 11.6 Å². The quantitative estimate of drug-likeness (QED) is 0.372. The largest absolute Gasteiger partial charge is 0.322 e. The number of para-hydroxylation sites is 1. The minimum absolute atomic E-state index is 0.0704. The lowest BCUT2D eigenvalue weighted by atomic mass is 10.1. The van der Waals surface area contributed by atoms with Crippen molar-refractivity contribution in [2.45, 2.75) is 18.8 Å². The highest BCUT2D eigenvalue weighted by Gasteiger charge is 2.33. The second-order valence-electron chi connectivity index (χ2n) is 8.82. The van der Waals surface area contributed by atoms with Crippen molar-refractivity contribution < 1.29 is 9.59 Å². The molecule has 0 radical (unpaired) electrons. The molecule has 0 bridgehead atoms. The first kappa shape index (κ1) is 24.9. The SMILES string of the molecule is Cc1c(NC(=O)c2ccc([C@H]3SCC(=O)N3Cc3ccc(Cl)cc3)cc2)c(=O)n(-c2ccccc2)n1C. The van der Waals surface area contributed by atoms with Crippen molar-refractivity contribution >= 4 is 40.9 Å². The van der Waals surface area contributed by atoms with Crippen LogP contribution in [0.4, 0.5) is 5.69 Å². The smallest absolute Gasteiger partial charge is 0.295 e. The summed E-state index contributed by atoms with van der Waals surface area (Å²) in [4.78, 5) is 40.6. The first-order valence-corrected chi connectivity index (χ1v) is 13.2. The van der Waals surface area contributed by atoms with Gasteiger partial charge in [0.15, 0.2) is 0 Å². The van der Waals surface area contributed by atoms with Gasteiger partial charge >= 0.3 is 0 Å². The summed E-state index contributed by atoms with van der Waals surface area (Å²) < 4.78 is 3.25. The van der Waals surface area contributed by atoms with E-state index in [9.17, 15) is 14.4 Å². The average molecular weight is 533 g/mol. The van der Waals surface area contributed by atoms with Crippen LogP contribution in [0.3, 0.4) is 0 Å². The van der Waals surface area contributed by atoms with Crippen molar-refractivity contribution in [1.29, 1.82) is 0 Å². The summed E-state index contributed by atoms with van der Waals surface area (Å²) in [5, 5.41) is 3.30. The first-order valence-electron chi connectivity index (χ1n) is 11.7. The van der Waals surface area contributed by atoms with Crippen LogP contribution >= 0.6 is 23.4 Å². The van der Waals surface area contributed by atoms with Gasteiger partial charge in [-0.15, -0.1) is 11.8 Å². The predicted molar refractivity (Wildman–Crippen MR) is 147 cm³/mol. The van der Waals surface area contributed by atoms with E-state index >= 15 is 0 Å². The molecule has 0 aliphatic carbocycles. The van der Waals surface area contributed by atoms with Crippen molar-refractivity contribution in [2.75, 3.05) is 11.1 Å². The lowest BCUT2D eigenvalue weighted by Crippen LogP contribution is -2.27. The van der Waals surface area contributed by atoms with Crippen LogP contribution in [0.2, 0.25) is 5.02 Å². The molecule has 1 aliphatic rings. The predicted octanol–water partition coefficient (Wildman–Crippen LogP) is 5.16. The maximum absolute atomic E-state index is 13.1. The van der Waals surface area contributed by atoms with Gasteiger partial charge in [-0.1, -0.05) is 54.1 Å². The van der Waals surface area contributed by atoms with Gasteiger partial charge in [0.1, 0.15) is 11.1 Å². The Hall–Kier alpha value is -3.75. The second-order valence-corrected chi connectivity index (χ2v) is 10.3. The van der Waals surface area contributed by atoms with Gasteiger partial charge in [-0.25, -0.2) is 4.68 Å². The minimum Gasteiger partial charge on any atom is -0.322 e. The Labute approximate surface area is 223 Å². The number of benzene rings is 3. The number of nitrogens with zero attached hydrogens (tertiary/aromatic N) is 3. The molecule has 0 spiro atoms. The Balaban J connectivity index is 1.34. The van der Waals surface area contributed by atoms with Crippen LogP contribution in [0.1, 0.15) is 32.6 Å². The zero-order valence-corrected chi connectivity index (χ0v) is 21.9. The third kappa shape index (κ3) is 4.95. The summed E-state index contributed by atoms with van der Waals surface area (Å²) in [6, 6.07) is 23.9. The molecule has 3 aromatic carbocycles. The fraction of sp³-hybridized carbons (Fsp3) is 0.179. The van der Waals surface area contributed by atoms with Crippen LogP contribution < -0.4 is 10.9 Å². The molecule has 9 heteroatoms. The van der Waals surface area contributed by atoms with Gasteiger partial charge in [0.2, 0.25) is 5.91 Å². The summed E-state index contributed by atoms with van der Waals surface area (Å²) in [6.07, 6.45) is 0. The van der Waals surface area contributed by atoms with E-state index < -0.39 is 0 Å². The van der Waals surface area contributed by atoms with E-state index in [1.54, 1.807) is 42.5 Å². The van der Waals surface area contributed by atoms with E-state index in [0.717, 1.165) is 16.8 Å². The van der Waals surface area contributed by atoms with Gasteiger partial charge in [-0.2, -0.15) is 0 Å². The lowest BCUT2D eigenvalue weighted by molar-refractivity contribution is -0.128. The Kier molecular flexibility index (Phi) is 6.95. The summed E-state index contributed by atoms with van der Waals surface area (Å²) in [5.41, 5.74) is 3.68. The summed E-state index contributed by atoms with van der Waals surface area (Å²) in [5.74, 6) is 0.105. The number of thioether (sulfide) groups is 1. The lowest BCUT2D eigenvalue weighted by Gasteiger charge is -2.24. The van der Waals surface area contributed by atoms with Crippen molar-refractivity contribution in [3.63, 3.8) is 0 Å². The van der Waals surface area contributed by atoms with Crippen LogP contribution in [0.5, 0.6) is 0 Å². The van der Waals surface area contributed by atoms with Gasteiger partial charge in [0, 0.05) is 24.2 Å². The molecule has 1 aliphatic heterocycles. The van der Waals surface area contributed by atoms with Gasteiger partial charge in [0.25, 0.3) is 11.5 Å². The average Bonchev–Trinajstić information content (AvgIpc) is 3.37. The van der Waals surface area contributed by atoms with E-state index in [2.05, 4.69) is 5.32 Å². The molecule has 0 saturated carbocycles. The molecule has 5 rings (SSSR count). The maximum Gasteiger partial charge on any atom is 0.295 e. The van der Waals surface area contributed by atoms with Gasteiger partial charge < -0.3 is 10.2 Å². The highest BCUT2D eigenvalue weighted by Crippen LogP contribution is 2.39. The number of halogens is 1. The molecule has 2 heterocycles. The number of nitrogens with one attached hydrogen (secondary N) is 1. The minimum atomic E-state index is -0.370. The van der Waals surface area contributed by atoms with Crippen molar-refractivity contribution in [1.82, 2.24) is 14.3 Å². The fourth-order valence-corrected chi connectivity index (χ4v) is 5.70. The standard InChI is InChI=1S/C28H25ClN4O3S/c1-18-25(27(36)33(31(18)2)23-6-4-3-5-7-23)30-26(35)20-10-12-21(13-11-20)28-32(24(34)17-37-28)16-19-8-14-22(29)15-9-19/h3-15,28H,16-17H2,1-2H3,(H,30,35)/t28-/m1/s1.